The highest BCUT2D eigenvalue weighted by Crippen LogP contribution is 2.34. The quantitative estimate of drug-likeness (QED) is 0.593. The second kappa shape index (κ2) is 11.6. The molecule has 1 fully saturated rings. The van der Waals surface area contributed by atoms with Gasteiger partial charge in [-0.1, -0.05) is 18.2 Å². The first-order valence-corrected chi connectivity index (χ1v) is 10.9. The Morgan fingerprint density at radius 3 is 2.59 bits per heavy atom. The van der Waals surface area contributed by atoms with Crippen molar-refractivity contribution in [3.8, 4) is 11.1 Å². The number of primary amides is 1. The van der Waals surface area contributed by atoms with Gasteiger partial charge in [-0.25, -0.2) is 13.6 Å². The minimum atomic E-state index is -2.74. The molecule has 1 aromatic heterocycles. The van der Waals surface area contributed by atoms with Gasteiger partial charge in [0, 0.05) is 56.1 Å². The molecule has 1 saturated heterocycles. The van der Waals surface area contributed by atoms with Gasteiger partial charge in [0.1, 0.15) is 6.61 Å². The van der Waals surface area contributed by atoms with Crippen LogP contribution in [0.15, 0.2) is 48.8 Å². The van der Waals surface area contributed by atoms with Gasteiger partial charge >= 0.3 is 6.09 Å². The van der Waals surface area contributed by atoms with E-state index in [0.717, 1.165) is 11.3 Å². The fourth-order valence-corrected chi connectivity index (χ4v) is 3.77. The lowest BCUT2D eigenvalue weighted by Gasteiger charge is -2.36. The van der Waals surface area contributed by atoms with Crippen molar-refractivity contribution in [3.05, 3.63) is 59.9 Å². The van der Waals surface area contributed by atoms with E-state index in [1.165, 1.54) is 12.1 Å². The van der Waals surface area contributed by atoms with Crippen molar-refractivity contribution in [2.45, 2.75) is 13.0 Å². The maximum atomic E-state index is 13.7. The fourth-order valence-electron chi connectivity index (χ4n) is 3.77. The molecule has 34 heavy (non-hydrogen) atoms. The number of carbonyl (C=O) groups excluding carboxylic acids is 2. The van der Waals surface area contributed by atoms with E-state index in [1.807, 2.05) is 25.1 Å². The van der Waals surface area contributed by atoms with Crippen molar-refractivity contribution in [2.24, 2.45) is 5.73 Å². The van der Waals surface area contributed by atoms with Gasteiger partial charge in [-0.2, -0.15) is 0 Å². The van der Waals surface area contributed by atoms with Gasteiger partial charge < -0.3 is 25.2 Å². The van der Waals surface area contributed by atoms with Crippen molar-refractivity contribution in [1.82, 2.24) is 14.8 Å². The Labute approximate surface area is 197 Å². The largest absolute Gasteiger partial charge is 0.445 e. The lowest BCUT2D eigenvalue weighted by Crippen LogP contribution is -2.48. The van der Waals surface area contributed by atoms with Crippen LogP contribution in [0.1, 0.15) is 17.6 Å². The molecule has 0 atom stereocenters. The maximum Gasteiger partial charge on any atom is 0.404 e. The van der Waals surface area contributed by atoms with Crippen molar-refractivity contribution in [3.63, 3.8) is 0 Å². The topological polar surface area (TPSA) is 92.0 Å². The molecule has 0 spiro atoms. The van der Waals surface area contributed by atoms with Gasteiger partial charge in [-0.15, -0.1) is 0 Å². The number of halogens is 2. The second-order valence-electron chi connectivity index (χ2n) is 8.19. The number of hydrogen-bond acceptors (Lipinski definition) is 6. The first kappa shape index (κ1) is 25.1. The zero-order valence-corrected chi connectivity index (χ0v) is 19.3. The molecule has 2 N–H and O–H groups in total. The van der Waals surface area contributed by atoms with Crippen LogP contribution in [0, 0.1) is 0 Å². The molecule has 1 aliphatic heterocycles. The number of nitrogens with two attached hydrogens (primary N) is 1. The molecule has 182 valence electrons. The molecule has 2 heterocycles. The number of nitrogens with zero attached hydrogens (tertiary/aromatic N) is 4. The van der Waals surface area contributed by atoms with Crippen LogP contribution in [-0.2, 0) is 16.1 Å². The molecule has 1 aliphatic rings. The summed E-state index contributed by atoms with van der Waals surface area (Å²) >= 11 is 0. The fraction of sp³-hybridized carbons (Fsp3) is 0.375. The smallest absolute Gasteiger partial charge is 0.404 e. The first-order chi connectivity index (χ1) is 16.3. The number of aromatic nitrogens is 1. The minimum absolute atomic E-state index is 0.0248. The monoisotopic (exact) mass is 473 g/mol. The minimum Gasteiger partial charge on any atom is -0.445 e. The summed E-state index contributed by atoms with van der Waals surface area (Å²) in [6, 6.07) is 6.40. The average Bonchev–Trinajstić information content (AvgIpc) is 2.82. The number of alkyl halides is 2. The van der Waals surface area contributed by atoms with E-state index in [2.05, 4.69) is 9.88 Å². The highest BCUT2D eigenvalue weighted by Gasteiger charge is 2.23. The van der Waals surface area contributed by atoms with E-state index in [9.17, 15) is 18.4 Å². The number of rotatable bonds is 8. The summed E-state index contributed by atoms with van der Waals surface area (Å²) in [5, 5.41) is 0. The molecule has 0 radical (unpaired) electrons. The third-order valence-electron chi connectivity index (χ3n) is 5.52. The van der Waals surface area contributed by atoms with Gasteiger partial charge in [0.15, 0.2) is 0 Å². The van der Waals surface area contributed by atoms with E-state index in [0.29, 0.717) is 38.3 Å². The SMILES string of the molecule is CN(C)C/C=C/C(=O)N1CCN(c2cnccc2-c2ccc(COC(N)=O)c(C(F)F)c2)CC1. The number of anilines is 1. The van der Waals surface area contributed by atoms with E-state index < -0.39 is 12.5 Å². The van der Waals surface area contributed by atoms with Gasteiger partial charge in [0.05, 0.1) is 11.9 Å². The Morgan fingerprint density at radius 1 is 1.21 bits per heavy atom. The lowest BCUT2D eigenvalue weighted by atomic mass is 9.98. The van der Waals surface area contributed by atoms with E-state index in [4.69, 9.17) is 10.5 Å². The summed E-state index contributed by atoms with van der Waals surface area (Å²) in [6.45, 7) is 2.66. The van der Waals surface area contributed by atoms with Crippen molar-refractivity contribution in [2.75, 3.05) is 51.7 Å². The van der Waals surface area contributed by atoms with E-state index >= 15 is 0 Å². The summed E-state index contributed by atoms with van der Waals surface area (Å²) in [5.41, 5.74) is 7.10. The van der Waals surface area contributed by atoms with E-state index in [-0.39, 0.29) is 23.6 Å². The molecule has 2 amide bonds. The van der Waals surface area contributed by atoms with Crippen molar-refractivity contribution >= 4 is 17.7 Å². The predicted octanol–water partition coefficient (Wildman–Crippen LogP) is 3.05. The predicted molar refractivity (Wildman–Crippen MR) is 125 cm³/mol. The summed E-state index contributed by atoms with van der Waals surface area (Å²) in [4.78, 5) is 33.4. The zero-order chi connectivity index (χ0) is 24.7. The average molecular weight is 474 g/mol. The van der Waals surface area contributed by atoms with Crippen LogP contribution in [0.5, 0.6) is 0 Å². The number of hydrogen-bond donors (Lipinski definition) is 1. The van der Waals surface area contributed by atoms with Crippen molar-refractivity contribution in [1.29, 1.82) is 0 Å². The number of likely N-dealkylation sites (N-methyl/N-ethyl adjacent to an activating group) is 1. The molecule has 8 nitrogen and oxygen atoms in total. The van der Waals surface area contributed by atoms with Crippen molar-refractivity contribution < 1.29 is 23.1 Å². The molecule has 0 aliphatic carbocycles. The zero-order valence-electron chi connectivity index (χ0n) is 19.3. The summed E-state index contributed by atoms with van der Waals surface area (Å²) in [7, 11) is 3.87. The molecule has 2 aromatic rings. The van der Waals surface area contributed by atoms with Gasteiger partial charge in [0.25, 0.3) is 6.43 Å². The molecule has 0 saturated carbocycles. The third-order valence-corrected chi connectivity index (χ3v) is 5.52. The number of amides is 2. The van der Waals surface area contributed by atoms with Crippen LogP contribution in [0.2, 0.25) is 0 Å². The lowest BCUT2D eigenvalue weighted by molar-refractivity contribution is -0.126. The third kappa shape index (κ3) is 6.50. The second-order valence-corrected chi connectivity index (χ2v) is 8.19. The standard InChI is InChI=1S/C24H29F2N5O3/c1-29(2)9-3-4-22(32)31-12-10-30(11-13-31)21-15-28-8-7-19(21)17-5-6-18(16-34-24(27)33)20(14-17)23(25)26/h3-8,14-15,23H,9-13,16H2,1-2H3,(H2,27,33)/b4-3+. The van der Waals surface area contributed by atoms with Gasteiger partial charge in [0.2, 0.25) is 5.91 Å². The summed E-state index contributed by atoms with van der Waals surface area (Å²) in [6.07, 6.45) is 2.99. The van der Waals surface area contributed by atoms with Gasteiger partial charge in [-0.05, 0) is 37.4 Å². The molecule has 1 aromatic carbocycles. The molecule has 0 bridgehead atoms. The summed E-state index contributed by atoms with van der Waals surface area (Å²) < 4.78 is 32.1. The van der Waals surface area contributed by atoms with Gasteiger partial charge in [-0.3, -0.25) is 9.78 Å². The molecular weight excluding hydrogens is 444 g/mol. The Morgan fingerprint density at radius 2 is 1.94 bits per heavy atom. The highest BCUT2D eigenvalue weighted by molar-refractivity contribution is 5.88. The van der Waals surface area contributed by atoms with E-state index in [1.54, 1.807) is 35.5 Å². The van der Waals surface area contributed by atoms with Crippen LogP contribution in [0.3, 0.4) is 0 Å². The van der Waals surface area contributed by atoms with Crippen LogP contribution in [0.25, 0.3) is 11.1 Å². The van der Waals surface area contributed by atoms with Crippen LogP contribution in [0.4, 0.5) is 19.3 Å². The Kier molecular flexibility index (Phi) is 8.53. The molecule has 0 unspecified atom stereocenters. The summed E-state index contributed by atoms with van der Waals surface area (Å²) in [5.74, 6) is -0.0248. The number of ether oxygens (including phenoxy) is 1. The first-order valence-electron chi connectivity index (χ1n) is 10.9. The Bertz CT molecular complexity index is 1040. The molecular formula is C24H29F2N5O3. The molecule has 3 rings (SSSR count). The normalized spacial score (nSPS) is 14.3. The Balaban J connectivity index is 1.77. The van der Waals surface area contributed by atoms with Crippen LogP contribution in [-0.4, -0.2) is 73.6 Å². The van der Waals surface area contributed by atoms with Crippen LogP contribution < -0.4 is 10.6 Å². The number of pyridine rings is 1. The Hall–Kier alpha value is -3.53. The maximum absolute atomic E-state index is 13.7. The number of carbonyl (C=O) groups is 2. The van der Waals surface area contributed by atoms with Crippen LogP contribution >= 0.6 is 0 Å². The number of piperazine rings is 1. The molecule has 10 heteroatoms. The number of benzene rings is 1. The highest BCUT2D eigenvalue weighted by atomic mass is 19.3.